The van der Waals surface area contributed by atoms with Crippen LogP contribution in [0.1, 0.15) is 48.5 Å². The Morgan fingerprint density at radius 2 is 1.61 bits per heavy atom. The first-order valence-corrected chi connectivity index (χ1v) is 6.87. The molecule has 1 fully saturated rings. The van der Waals surface area contributed by atoms with E-state index in [0.717, 1.165) is 13.1 Å². The van der Waals surface area contributed by atoms with Crippen molar-refractivity contribution in [2.75, 3.05) is 13.1 Å². The lowest BCUT2D eigenvalue weighted by Gasteiger charge is -2.46. The number of rotatable bonds is 1. The molecule has 0 aromatic carbocycles. The van der Waals surface area contributed by atoms with Crippen molar-refractivity contribution >= 4 is 6.09 Å². The summed E-state index contributed by atoms with van der Waals surface area (Å²) in [6, 6.07) is 1.26. The molecule has 106 valence electrons. The number of carbonyl (C=O) groups is 1. The van der Waals surface area contributed by atoms with Gasteiger partial charge in [0, 0.05) is 31.2 Å². The summed E-state index contributed by atoms with van der Waals surface area (Å²) in [6.45, 7) is 16.0. The van der Waals surface area contributed by atoms with Crippen LogP contribution >= 0.6 is 0 Å². The van der Waals surface area contributed by atoms with Crippen LogP contribution in [0.15, 0.2) is 0 Å². The largest absolute Gasteiger partial charge is 0.444 e. The van der Waals surface area contributed by atoms with E-state index in [2.05, 4.69) is 32.6 Å². The molecule has 0 aromatic heterocycles. The van der Waals surface area contributed by atoms with Gasteiger partial charge in [-0.05, 0) is 48.5 Å². The highest BCUT2D eigenvalue weighted by atomic mass is 16.6. The van der Waals surface area contributed by atoms with E-state index in [1.54, 1.807) is 0 Å². The molecule has 1 aliphatic heterocycles. The molecule has 0 N–H and O–H groups in total. The first-order valence-electron chi connectivity index (χ1n) is 6.87. The zero-order chi connectivity index (χ0) is 14.1. The van der Waals surface area contributed by atoms with Gasteiger partial charge in [0.2, 0.25) is 0 Å². The Morgan fingerprint density at radius 1 is 1.17 bits per heavy atom. The van der Waals surface area contributed by atoms with Gasteiger partial charge in [0.05, 0.1) is 0 Å². The molecule has 1 amide bonds. The van der Waals surface area contributed by atoms with Crippen LogP contribution in [0.4, 0.5) is 4.79 Å². The van der Waals surface area contributed by atoms with Gasteiger partial charge in [-0.2, -0.15) is 0 Å². The van der Waals surface area contributed by atoms with Crippen LogP contribution in [0.5, 0.6) is 0 Å². The minimum absolute atomic E-state index is 0.190. The molecular formula is C14H28N2O2. The minimum Gasteiger partial charge on any atom is -0.444 e. The molecular weight excluding hydrogens is 228 g/mol. The molecule has 1 saturated heterocycles. The van der Waals surface area contributed by atoms with Gasteiger partial charge < -0.3 is 9.64 Å². The average molecular weight is 256 g/mol. The Hall–Kier alpha value is -0.770. The Labute approximate surface area is 111 Å². The second kappa shape index (κ2) is 5.47. The van der Waals surface area contributed by atoms with Gasteiger partial charge in [0.15, 0.2) is 0 Å². The van der Waals surface area contributed by atoms with Crippen LogP contribution < -0.4 is 0 Å². The number of ether oxygens (including phenoxy) is 1. The van der Waals surface area contributed by atoms with Crippen molar-refractivity contribution in [2.45, 2.75) is 72.2 Å². The summed E-state index contributed by atoms with van der Waals surface area (Å²) in [6.07, 6.45) is -0.190. The van der Waals surface area contributed by atoms with Gasteiger partial charge in [0.25, 0.3) is 0 Å². The summed E-state index contributed by atoms with van der Waals surface area (Å²) in [4.78, 5) is 16.4. The van der Waals surface area contributed by atoms with Crippen molar-refractivity contribution in [3.63, 3.8) is 0 Å². The highest BCUT2D eigenvalue weighted by Gasteiger charge is 2.34. The molecule has 2 atom stereocenters. The number of hydrogen-bond acceptors (Lipinski definition) is 3. The lowest BCUT2D eigenvalue weighted by Crippen LogP contribution is -2.60. The van der Waals surface area contributed by atoms with Crippen LogP contribution in [0.3, 0.4) is 0 Å². The van der Waals surface area contributed by atoms with Crippen LogP contribution in [-0.2, 0) is 4.74 Å². The molecule has 1 heterocycles. The normalized spacial score (nSPS) is 26.6. The Bertz CT molecular complexity index is 285. The molecule has 0 bridgehead atoms. The van der Waals surface area contributed by atoms with Gasteiger partial charge >= 0.3 is 6.09 Å². The van der Waals surface area contributed by atoms with Crippen molar-refractivity contribution in [1.82, 2.24) is 9.80 Å². The maximum Gasteiger partial charge on any atom is 0.410 e. The smallest absolute Gasteiger partial charge is 0.410 e. The molecule has 0 radical (unpaired) electrons. The van der Waals surface area contributed by atoms with Gasteiger partial charge in [-0.1, -0.05) is 0 Å². The number of carbonyl (C=O) groups excluding carboxylic acids is 1. The fourth-order valence-corrected chi connectivity index (χ4v) is 2.83. The average Bonchev–Trinajstić information content (AvgIpc) is 2.12. The molecule has 1 aliphatic rings. The summed E-state index contributed by atoms with van der Waals surface area (Å²) in [7, 11) is 0. The lowest BCUT2D eigenvalue weighted by molar-refractivity contribution is -0.0160. The number of hydrogen-bond donors (Lipinski definition) is 0. The zero-order valence-electron chi connectivity index (χ0n) is 12.9. The van der Waals surface area contributed by atoms with E-state index in [9.17, 15) is 4.79 Å². The molecule has 0 saturated carbocycles. The predicted octanol–water partition coefficient (Wildman–Crippen LogP) is 2.72. The molecule has 0 aliphatic carbocycles. The molecule has 0 unspecified atom stereocenters. The van der Waals surface area contributed by atoms with Gasteiger partial charge in [-0.15, -0.1) is 0 Å². The van der Waals surface area contributed by atoms with E-state index in [1.807, 2.05) is 25.7 Å². The van der Waals surface area contributed by atoms with Crippen LogP contribution in [0.25, 0.3) is 0 Å². The topological polar surface area (TPSA) is 32.8 Å². The molecule has 18 heavy (non-hydrogen) atoms. The highest BCUT2D eigenvalue weighted by Crippen LogP contribution is 2.20. The van der Waals surface area contributed by atoms with Crippen molar-refractivity contribution in [2.24, 2.45) is 0 Å². The second-order valence-corrected chi connectivity index (χ2v) is 6.62. The molecule has 0 aromatic rings. The Kier molecular flexibility index (Phi) is 4.65. The SMILES string of the molecule is CC(C)N1[C@H](C)CN(C(=O)OC(C)(C)C)C[C@@H]1C. The standard InChI is InChI=1S/C14H28N2O2/c1-10(2)16-11(3)8-15(9-12(16)4)13(17)18-14(5,6)7/h10-12H,8-9H2,1-7H3/t11-,12+. The zero-order valence-corrected chi connectivity index (χ0v) is 12.9. The fourth-order valence-electron chi connectivity index (χ4n) is 2.83. The van der Waals surface area contributed by atoms with E-state index < -0.39 is 5.60 Å². The van der Waals surface area contributed by atoms with Gasteiger partial charge in [-0.3, -0.25) is 4.90 Å². The van der Waals surface area contributed by atoms with Crippen LogP contribution in [0, 0.1) is 0 Å². The third-order valence-corrected chi connectivity index (χ3v) is 3.24. The van der Waals surface area contributed by atoms with E-state index >= 15 is 0 Å². The van der Waals surface area contributed by atoms with Gasteiger partial charge in [-0.25, -0.2) is 4.79 Å². The monoisotopic (exact) mass is 256 g/mol. The van der Waals surface area contributed by atoms with Crippen LogP contribution in [-0.4, -0.2) is 52.7 Å². The summed E-state index contributed by atoms with van der Waals surface area (Å²) >= 11 is 0. The molecule has 0 spiro atoms. The minimum atomic E-state index is -0.418. The van der Waals surface area contributed by atoms with E-state index in [1.165, 1.54) is 0 Å². The third kappa shape index (κ3) is 3.87. The quantitative estimate of drug-likeness (QED) is 0.723. The third-order valence-electron chi connectivity index (χ3n) is 3.24. The van der Waals surface area contributed by atoms with Crippen molar-refractivity contribution in [3.05, 3.63) is 0 Å². The van der Waals surface area contributed by atoms with Crippen molar-refractivity contribution in [1.29, 1.82) is 0 Å². The van der Waals surface area contributed by atoms with E-state index in [4.69, 9.17) is 4.74 Å². The van der Waals surface area contributed by atoms with Crippen molar-refractivity contribution in [3.8, 4) is 0 Å². The summed E-state index contributed by atoms with van der Waals surface area (Å²) in [5.74, 6) is 0. The summed E-state index contributed by atoms with van der Waals surface area (Å²) in [5, 5.41) is 0. The fraction of sp³-hybridized carbons (Fsp3) is 0.929. The first kappa shape index (κ1) is 15.3. The Morgan fingerprint density at radius 3 is 1.94 bits per heavy atom. The van der Waals surface area contributed by atoms with E-state index in [0.29, 0.717) is 18.1 Å². The highest BCUT2D eigenvalue weighted by molar-refractivity contribution is 5.68. The van der Waals surface area contributed by atoms with E-state index in [-0.39, 0.29) is 6.09 Å². The second-order valence-electron chi connectivity index (χ2n) is 6.62. The molecule has 1 rings (SSSR count). The number of nitrogens with zero attached hydrogens (tertiary/aromatic N) is 2. The summed E-state index contributed by atoms with van der Waals surface area (Å²) in [5.41, 5.74) is -0.418. The van der Waals surface area contributed by atoms with Crippen LogP contribution in [0.2, 0.25) is 0 Å². The maximum atomic E-state index is 12.1. The van der Waals surface area contributed by atoms with Gasteiger partial charge in [0.1, 0.15) is 5.60 Å². The Balaban J connectivity index is 2.65. The molecule has 4 nitrogen and oxygen atoms in total. The maximum absolute atomic E-state index is 12.1. The predicted molar refractivity (Wildman–Crippen MR) is 73.7 cm³/mol. The summed E-state index contributed by atoms with van der Waals surface area (Å²) < 4.78 is 5.44. The lowest BCUT2D eigenvalue weighted by atomic mass is 10.1. The first-order chi connectivity index (χ1) is 8.11. The molecule has 4 heteroatoms. The van der Waals surface area contributed by atoms with Crippen molar-refractivity contribution < 1.29 is 9.53 Å². The number of amides is 1. The number of piperazine rings is 1.